The van der Waals surface area contributed by atoms with Gasteiger partial charge in [-0.15, -0.1) is 0 Å². The van der Waals surface area contributed by atoms with Crippen LogP contribution in [0.25, 0.3) is 0 Å². The monoisotopic (exact) mass is 195 g/mol. The Kier molecular flexibility index (Phi) is 3.61. The van der Waals surface area contributed by atoms with Crippen LogP contribution >= 0.6 is 0 Å². The minimum Gasteiger partial charge on any atom is -0.390 e. The van der Waals surface area contributed by atoms with Crippen molar-refractivity contribution >= 4 is 0 Å². The number of rotatable bonds is 4. The molecular formula is C11H17NO2. The lowest BCUT2D eigenvalue weighted by atomic mass is 9.95. The van der Waals surface area contributed by atoms with E-state index in [0.717, 1.165) is 5.56 Å². The van der Waals surface area contributed by atoms with Crippen molar-refractivity contribution < 1.29 is 9.84 Å². The van der Waals surface area contributed by atoms with E-state index in [1.165, 1.54) is 0 Å². The zero-order valence-electron chi connectivity index (χ0n) is 8.90. The van der Waals surface area contributed by atoms with Crippen LogP contribution in [0.5, 0.6) is 0 Å². The molecule has 0 amide bonds. The van der Waals surface area contributed by atoms with Gasteiger partial charge in [-0.1, -0.05) is 0 Å². The van der Waals surface area contributed by atoms with E-state index < -0.39 is 11.7 Å². The molecule has 1 aromatic rings. The number of aromatic nitrogens is 1. The van der Waals surface area contributed by atoms with Crippen molar-refractivity contribution in [2.45, 2.75) is 32.0 Å². The lowest BCUT2D eigenvalue weighted by Crippen LogP contribution is -2.39. The van der Waals surface area contributed by atoms with Crippen LogP contribution < -0.4 is 0 Å². The van der Waals surface area contributed by atoms with Crippen molar-refractivity contribution in [3.63, 3.8) is 0 Å². The second-order valence-electron chi connectivity index (χ2n) is 3.88. The van der Waals surface area contributed by atoms with E-state index in [1.807, 2.05) is 26.0 Å². The Morgan fingerprint density at radius 1 is 1.43 bits per heavy atom. The van der Waals surface area contributed by atoms with Crippen molar-refractivity contribution in [1.29, 1.82) is 0 Å². The summed E-state index contributed by atoms with van der Waals surface area (Å²) in [5, 5.41) is 9.88. The number of hydrogen-bond donors (Lipinski definition) is 1. The zero-order valence-corrected chi connectivity index (χ0v) is 8.90. The summed E-state index contributed by atoms with van der Waals surface area (Å²) < 4.78 is 5.21. The highest BCUT2D eigenvalue weighted by Crippen LogP contribution is 2.17. The highest BCUT2D eigenvalue weighted by atomic mass is 16.5. The van der Waals surface area contributed by atoms with Crippen LogP contribution in [0.4, 0.5) is 0 Å². The van der Waals surface area contributed by atoms with Gasteiger partial charge in [-0.3, -0.25) is 4.98 Å². The average Bonchev–Trinajstić information content (AvgIpc) is 2.19. The fourth-order valence-electron chi connectivity index (χ4n) is 1.12. The quantitative estimate of drug-likeness (QED) is 0.790. The molecule has 0 aliphatic rings. The molecule has 3 nitrogen and oxygen atoms in total. The maximum atomic E-state index is 9.88. The van der Waals surface area contributed by atoms with Gasteiger partial charge < -0.3 is 9.84 Å². The number of aliphatic hydroxyl groups excluding tert-OH is 1. The molecule has 0 aromatic carbocycles. The van der Waals surface area contributed by atoms with Gasteiger partial charge in [-0.2, -0.15) is 0 Å². The fraction of sp³-hybridized carbons (Fsp3) is 0.545. The number of aliphatic hydroxyl groups is 1. The second-order valence-corrected chi connectivity index (χ2v) is 3.88. The summed E-state index contributed by atoms with van der Waals surface area (Å²) in [4.78, 5) is 3.92. The number of ether oxygens (including phenoxy) is 1. The lowest BCUT2D eigenvalue weighted by molar-refractivity contribution is -0.0765. The van der Waals surface area contributed by atoms with Crippen LogP contribution in [-0.4, -0.2) is 28.9 Å². The van der Waals surface area contributed by atoms with Gasteiger partial charge in [0.05, 0.1) is 11.7 Å². The van der Waals surface area contributed by atoms with Gasteiger partial charge in [0, 0.05) is 25.9 Å². The fourth-order valence-corrected chi connectivity index (χ4v) is 1.12. The Hall–Kier alpha value is -0.930. The molecule has 0 saturated heterocycles. The molecule has 0 bridgehead atoms. The van der Waals surface area contributed by atoms with Gasteiger partial charge >= 0.3 is 0 Å². The molecule has 1 unspecified atom stereocenters. The van der Waals surface area contributed by atoms with Gasteiger partial charge in [0.1, 0.15) is 0 Å². The van der Waals surface area contributed by atoms with E-state index in [-0.39, 0.29) is 0 Å². The highest BCUT2D eigenvalue weighted by Gasteiger charge is 2.27. The molecule has 1 N–H and O–H groups in total. The van der Waals surface area contributed by atoms with Crippen LogP contribution in [0.3, 0.4) is 0 Å². The topological polar surface area (TPSA) is 42.4 Å². The minimum atomic E-state index is -0.511. The molecule has 0 fully saturated rings. The number of pyridine rings is 1. The molecule has 0 aliphatic carbocycles. The predicted molar refractivity (Wildman–Crippen MR) is 55.0 cm³/mol. The Morgan fingerprint density at radius 2 is 2.00 bits per heavy atom. The van der Waals surface area contributed by atoms with E-state index in [0.29, 0.717) is 6.42 Å². The van der Waals surface area contributed by atoms with Gasteiger partial charge in [0.25, 0.3) is 0 Å². The van der Waals surface area contributed by atoms with Gasteiger partial charge in [0.2, 0.25) is 0 Å². The third kappa shape index (κ3) is 2.79. The zero-order chi connectivity index (χ0) is 10.6. The van der Waals surface area contributed by atoms with Crippen LogP contribution in [0.1, 0.15) is 19.4 Å². The first-order valence-corrected chi connectivity index (χ1v) is 4.68. The van der Waals surface area contributed by atoms with E-state index in [2.05, 4.69) is 4.98 Å². The van der Waals surface area contributed by atoms with Gasteiger partial charge in [-0.25, -0.2) is 0 Å². The SMILES string of the molecule is COC(C)(C)C(O)Cc1ccncc1. The molecule has 14 heavy (non-hydrogen) atoms. The molecule has 0 radical (unpaired) electrons. The van der Waals surface area contributed by atoms with Crippen molar-refractivity contribution in [1.82, 2.24) is 4.98 Å². The van der Waals surface area contributed by atoms with Crippen LogP contribution in [0, 0.1) is 0 Å². The summed E-state index contributed by atoms with van der Waals surface area (Å²) in [6.07, 6.45) is 3.53. The third-order valence-corrected chi connectivity index (χ3v) is 2.51. The molecule has 1 atom stereocenters. The predicted octanol–water partition coefficient (Wildman–Crippen LogP) is 1.41. The molecule has 78 valence electrons. The maximum absolute atomic E-state index is 9.88. The lowest BCUT2D eigenvalue weighted by Gasteiger charge is -2.29. The third-order valence-electron chi connectivity index (χ3n) is 2.51. The summed E-state index contributed by atoms with van der Waals surface area (Å²) in [7, 11) is 1.61. The van der Waals surface area contributed by atoms with E-state index in [4.69, 9.17) is 4.74 Å². The van der Waals surface area contributed by atoms with Gasteiger partial charge in [0.15, 0.2) is 0 Å². The molecule has 1 aromatic heterocycles. The summed E-state index contributed by atoms with van der Waals surface area (Å²) in [5.74, 6) is 0. The normalized spacial score (nSPS) is 14.0. The number of nitrogens with zero attached hydrogens (tertiary/aromatic N) is 1. The van der Waals surface area contributed by atoms with Crippen molar-refractivity contribution in [3.05, 3.63) is 30.1 Å². The van der Waals surface area contributed by atoms with Crippen molar-refractivity contribution in [2.24, 2.45) is 0 Å². The number of methoxy groups -OCH3 is 1. The standard InChI is InChI=1S/C11H17NO2/c1-11(2,14-3)10(13)8-9-4-6-12-7-5-9/h4-7,10,13H,8H2,1-3H3. The van der Waals surface area contributed by atoms with E-state index in [1.54, 1.807) is 19.5 Å². The second kappa shape index (κ2) is 4.53. The summed E-state index contributed by atoms with van der Waals surface area (Å²) in [6, 6.07) is 3.80. The molecule has 1 heterocycles. The largest absolute Gasteiger partial charge is 0.390 e. The molecule has 3 heteroatoms. The summed E-state index contributed by atoms with van der Waals surface area (Å²) >= 11 is 0. The maximum Gasteiger partial charge on any atom is 0.0883 e. The Labute approximate surface area is 84.7 Å². The van der Waals surface area contributed by atoms with Crippen molar-refractivity contribution in [2.75, 3.05) is 7.11 Å². The first kappa shape index (κ1) is 11.1. The molecule has 1 rings (SSSR count). The Morgan fingerprint density at radius 3 is 2.50 bits per heavy atom. The first-order chi connectivity index (χ1) is 6.56. The average molecular weight is 195 g/mol. The Balaban J connectivity index is 2.62. The van der Waals surface area contributed by atoms with Crippen LogP contribution in [-0.2, 0) is 11.2 Å². The van der Waals surface area contributed by atoms with Crippen molar-refractivity contribution in [3.8, 4) is 0 Å². The summed E-state index contributed by atoms with van der Waals surface area (Å²) in [6.45, 7) is 3.75. The molecular weight excluding hydrogens is 178 g/mol. The highest BCUT2D eigenvalue weighted by molar-refractivity contribution is 5.11. The van der Waals surface area contributed by atoms with E-state index >= 15 is 0 Å². The summed E-state index contributed by atoms with van der Waals surface area (Å²) in [5.41, 5.74) is 0.557. The smallest absolute Gasteiger partial charge is 0.0883 e. The number of hydrogen-bond acceptors (Lipinski definition) is 3. The van der Waals surface area contributed by atoms with Crippen LogP contribution in [0.2, 0.25) is 0 Å². The minimum absolute atomic E-state index is 0.505. The Bertz CT molecular complexity index is 272. The molecule has 0 saturated carbocycles. The van der Waals surface area contributed by atoms with Gasteiger partial charge in [-0.05, 0) is 31.5 Å². The van der Waals surface area contributed by atoms with E-state index in [9.17, 15) is 5.11 Å². The molecule has 0 aliphatic heterocycles. The van der Waals surface area contributed by atoms with Crippen LogP contribution in [0.15, 0.2) is 24.5 Å². The molecule has 0 spiro atoms. The first-order valence-electron chi connectivity index (χ1n) is 4.68.